The fourth-order valence-corrected chi connectivity index (χ4v) is 10.7. The SMILES string of the molecule is CC1(C)C(/C=C/C2=C(NCC[NH3+])C(=C/C=C3\N(CCCCS(=O)(=O)O)c4ccc5ccccc5c4C3(C)C)/CCC2)=[N+](CCCC[S-](=O)=O)c2ccc3ccccc3c21.[Na+].[OH-]. The zero-order valence-corrected chi connectivity index (χ0v) is 40.0. The Bertz CT molecular complexity index is 2620. The Hall–Kier alpha value is -3.59. The third-order valence-electron chi connectivity index (χ3n) is 12.4. The molecule has 0 unspecified atom stereocenters. The predicted octanol–water partition coefficient (Wildman–Crippen LogP) is 5.39. The van der Waals surface area contributed by atoms with Gasteiger partial charge in [0, 0.05) is 53.2 Å². The molecule has 0 saturated heterocycles. The summed E-state index contributed by atoms with van der Waals surface area (Å²) in [7, 11) is -6.08. The van der Waals surface area contributed by atoms with Crippen LogP contribution < -0.4 is 45.5 Å². The van der Waals surface area contributed by atoms with Crippen LogP contribution in [-0.4, -0.2) is 66.4 Å². The van der Waals surface area contributed by atoms with Crippen molar-refractivity contribution in [3.63, 3.8) is 0 Å². The topological polar surface area (TPSA) is 164 Å². The minimum absolute atomic E-state index is 0. The number of hydrogen-bond donors (Lipinski definition) is 3. The van der Waals surface area contributed by atoms with Crippen molar-refractivity contribution in [3.05, 3.63) is 131 Å². The van der Waals surface area contributed by atoms with Crippen LogP contribution in [0.5, 0.6) is 0 Å². The number of allylic oxidation sites excluding steroid dienone is 7. The van der Waals surface area contributed by atoms with Gasteiger partial charge in [-0.1, -0.05) is 103 Å². The molecule has 2 heterocycles. The van der Waals surface area contributed by atoms with Crippen molar-refractivity contribution in [2.75, 3.05) is 42.6 Å². The number of anilines is 1. The van der Waals surface area contributed by atoms with E-state index in [1.165, 1.54) is 55.2 Å². The molecule has 3 aliphatic rings. The Labute approximate surface area is 385 Å². The molecule has 4 aromatic carbocycles. The van der Waals surface area contributed by atoms with E-state index in [-0.39, 0.29) is 57.4 Å². The monoisotopic (exact) mass is 875 g/mol. The molecule has 0 saturated carbocycles. The zero-order chi connectivity index (χ0) is 42.0. The van der Waals surface area contributed by atoms with Gasteiger partial charge in [0.25, 0.3) is 10.1 Å². The molecule has 13 heteroatoms. The predicted molar refractivity (Wildman–Crippen MR) is 243 cm³/mol. The third-order valence-corrected chi connectivity index (χ3v) is 13.8. The number of benzene rings is 4. The summed E-state index contributed by atoms with van der Waals surface area (Å²) in [4.78, 5) is 2.35. The second-order valence-electron chi connectivity index (χ2n) is 17.1. The molecule has 0 bridgehead atoms. The minimum Gasteiger partial charge on any atom is -0.870 e. The first-order valence-corrected chi connectivity index (χ1v) is 23.9. The van der Waals surface area contributed by atoms with Gasteiger partial charge in [-0.25, -0.2) is 0 Å². The Morgan fingerprint density at radius 1 is 0.836 bits per heavy atom. The maximum atomic E-state index is 11.6. The molecule has 10 nitrogen and oxygen atoms in total. The summed E-state index contributed by atoms with van der Waals surface area (Å²) in [6, 6.07) is 25.8. The number of hydrogen-bond acceptors (Lipinski definition) is 8. The molecule has 0 spiro atoms. The second kappa shape index (κ2) is 20.3. The molecule has 0 amide bonds. The average Bonchev–Trinajstić information content (AvgIpc) is 3.56. The average molecular weight is 876 g/mol. The largest absolute Gasteiger partial charge is 1.00 e. The standard InChI is InChI=1S/C48H57N4O5S2.Na.H2O/c1-47(2)42(51(30-9-11-32-58(53)54)40-24-20-34-14-5-7-18-38(34)44(40)47)26-22-36-16-13-17-37(46(36)50-29-28-49)23-27-43-48(3,4)45-39-19-8-6-15-35(39)21-25-41(45)52(43)31-10-12-33-59(55,56)57;;/h5-8,14-15,18-27H,9-13,16-17,28-33,49H2,1-4H3,(H,55,56,57);;1H2/q-1;+1;/p+1/b37-23+,43-27-;;. The molecule has 61 heavy (non-hydrogen) atoms. The van der Waals surface area contributed by atoms with Gasteiger partial charge in [0.15, 0.2) is 5.71 Å². The molecule has 4 aromatic rings. The van der Waals surface area contributed by atoms with Gasteiger partial charge in [-0.2, -0.15) is 13.0 Å². The van der Waals surface area contributed by atoms with E-state index in [2.05, 4.69) is 145 Å². The summed E-state index contributed by atoms with van der Waals surface area (Å²) >= 11 is 0. The van der Waals surface area contributed by atoms with E-state index in [0.717, 1.165) is 62.4 Å². The van der Waals surface area contributed by atoms with E-state index >= 15 is 0 Å². The number of nitrogens with zero attached hydrogens (tertiary/aromatic N) is 2. The Kier molecular flexibility index (Phi) is 16.1. The van der Waals surface area contributed by atoms with Crippen LogP contribution >= 0.6 is 0 Å². The van der Waals surface area contributed by atoms with E-state index in [9.17, 15) is 21.4 Å². The van der Waals surface area contributed by atoms with Crippen LogP contribution in [0.15, 0.2) is 120 Å². The van der Waals surface area contributed by atoms with Crippen LogP contribution in [0.25, 0.3) is 21.5 Å². The second-order valence-corrected chi connectivity index (χ2v) is 19.7. The van der Waals surface area contributed by atoms with Crippen LogP contribution in [0.1, 0.15) is 83.8 Å². The first-order chi connectivity index (χ1) is 28.2. The first-order valence-electron chi connectivity index (χ1n) is 21.1. The van der Waals surface area contributed by atoms with Crippen molar-refractivity contribution < 1.29 is 66.7 Å². The van der Waals surface area contributed by atoms with Gasteiger partial charge in [-0.05, 0) is 102 Å². The first kappa shape index (κ1) is 48.4. The Balaban J connectivity index is 0.00000352. The van der Waals surface area contributed by atoms with Gasteiger partial charge in [-0.3, -0.25) is 4.55 Å². The van der Waals surface area contributed by atoms with Crippen LogP contribution in [0, 0.1) is 0 Å². The molecular formula is C48H60N4NaO6S2+. The fourth-order valence-electron chi connectivity index (χ4n) is 9.66. The van der Waals surface area contributed by atoms with E-state index in [4.69, 9.17) is 0 Å². The summed E-state index contributed by atoms with van der Waals surface area (Å²) in [5.74, 6) is -0.0846. The third kappa shape index (κ3) is 10.3. The van der Waals surface area contributed by atoms with Crippen molar-refractivity contribution >= 4 is 59.5 Å². The van der Waals surface area contributed by atoms with Crippen LogP contribution in [0.3, 0.4) is 0 Å². The van der Waals surface area contributed by atoms with Crippen molar-refractivity contribution in [1.29, 1.82) is 0 Å². The van der Waals surface area contributed by atoms with E-state index in [0.29, 0.717) is 25.8 Å². The van der Waals surface area contributed by atoms with Gasteiger partial charge in [-0.15, -0.1) is 0 Å². The minimum atomic E-state index is -4.03. The van der Waals surface area contributed by atoms with Crippen molar-refractivity contribution in [1.82, 2.24) is 5.32 Å². The van der Waals surface area contributed by atoms with Gasteiger partial charge in [0.05, 0.1) is 24.3 Å². The molecule has 7 rings (SSSR count). The van der Waals surface area contributed by atoms with Crippen molar-refractivity contribution in [3.8, 4) is 0 Å². The summed E-state index contributed by atoms with van der Waals surface area (Å²) in [5.41, 5.74) is 14.4. The number of nitrogens with one attached hydrogen (secondary N) is 1. The van der Waals surface area contributed by atoms with Crippen molar-refractivity contribution in [2.45, 2.75) is 83.5 Å². The van der Waals surface area contributed by atoms with E-state index in [1.54, 1.807) is 0 Å². The number of fused-ring (bicyclic) bond motifs is 6. The van der Waals surface area contributed by atoms with Gasteiger partial charge >= 0.3 is 29.6 Å². The smallest absolute Gasteiger partial charge is 0.870 e. The quantitative estimate of drug-likeness (QED) is 0.0444. The number of quaternary nitrogens is 1. The Morgan fingerprint density at radius 3 is 2.18 bits per heavy atom. The van der Waals surface area contributed by atoms with E-state index in [1.807, 2.05) is 0 Å². The summed E-state index contributed by atoms with van der Waals surface area (Å²) in [6.07, 6.45) is 14.4. The van der Waals surface area contributed by atoms with Gasteiger partial charge < -0.3 is 29.8 Å². The molecule has 1 aliphatic carbocycles. The zero-order valence-electron chi connectivity index (χ0n) is 36.4. The summed E-state index contributed by atoms with van der Waals surface area (Å²) < 4.78 is 57.8. The maximum absolute atomic E-state index is 11.6. The molecule has 0 radical (unpaired) electrons. The molecular weight excluding hydrogens is 816 g/mol. The molecule has 2 aliphatic heterocycles. The normalized spacial score (nSPS) is 18.4. The Morgan fingerprint density at radius 2 is 1.51 bits per heavy atom. The van der Waals surface area contributed by atoms with Gasteiger partial charge in [0.1, 0.15) is 6.54 Å². The van der Waals surface area contributed by atoms with Gasteiger partial charge in [0.2, 0.25) is 5.69 Å². The molecule has 0 fully saturated rings. The van der Waals surface area contributed by atoms with Crippen LogP contribution in [0.4, 0.5) is 11.4 Å². The van der Waals surface area contributed by atoms with Crippen molar-refractivity contribution in [2.24, 2.45) is 0 Å². The molecule has 6 N–H and O–H groups in total. The maximum Gasteiger partial charge on any atom is 1.00 e. The molecule has 320 valence electrons. The molecule has 0 atom stereocenters. The van der Waals surface area contributed by atoms with Crippen LogP contribution in [0.2, 0.25) is 0 Å². The number of rotatable bonds is 16. The number of unbranched alkanes of at least 4 members (excludes halogenated alkanes) is 2. The van der Waals surface area contributed by atoms with E-state index < -0.39 is 20.8 Å². The van der Waals surface area contributed by atoms with Crippen LogP contribution in [-0.2, 0) is 40.1 Å². The molecule has 0 aromatic heterocycles. The fraction of sp³-hybridized carbons (Fsp3) is 0.396. The summed E-state index contributed by atoms with van der Waals surface area (Å²) in [5, 5.41) is 8.63. The summed E-state index contributed by atoms with van der Waals surface area (Å²) in [6.45, 7) is 12.0.